The number of nitrogens with zero attached hydrogens (tertiary/aromatic N) is 1. The smallest absolute Gasteiger partial charge is 0.146 e. The molecule has 0 aliphatic rings. The van der Waals surface area contributed by atoms with E-state index in [1.807, 2.05) is 24.1 Å². The lowest BCUT2D eigenvalue weighted by Crippen LogP contribution is -3.10. The lowest BCUT2D eigenvalue weighted by atomic mass is 10.1. The SMILES string of the molecule is CCCCC(CCN(C)c1ccccc1F)[NH+](C)C. The number of nitrogens with one attached hydrogen (secondary N) is 1. The summed E-state index contributed by atoms with van der Waals surface area (Å²) in [6.07, 6.45) is 4.88. The molecule has 1 N–H and O–H groups in total. The second-order valence-corrected chi connectivity index (χ2v) is 5.58. The highest BCUT2D eigenvalue weighted by atomic mass is 19.1. The van der Waals surface area contributed by atoms with Gasteiger partial charge in [0.05, 0.1) is 25.8 Å². The number of para-hydroxylation sites is 1. The monoisotopic (exact) mass is 267 g/mol. The van der Waals surface area contributed by atoms with Crippen LogP contribution >= 0.6 is 0 Å². The predicted molar refractivity (Wildman–Crippen MR) is 80.4 cm³/mol. The van der Waals surface area contributed by atoms with Gasteiger partial charge in [-0.15, -0.1) is 0 Å². The molecule has 1 atom stereocenters. The molecule has 0 aromatic heterocycles. The molecule has 1 rings (SSSR count). The first-order valence-corrected chi connectivity index (χ1v) is 7.32. The average Bonchev–Trinajstić information content (AvgIpc) is 2.38. The topological polar surface area (TPSA) is 7.68 Å². The average molecular weight is 267 g/mol. The summed E-state index contributed by atoms with van der Waals surface area (Å²) >= 11 is 0. The molecule has 19 heavy (non-hydrogen) atoms. The van der Waals surface area contributed by atoms with Crippen molar-refractivity contribution in [1.82, 2.24) is 0 Å². The molecule has 0 aliphatic carbocycles. The largest absolute Gasteiger partial charge is 0.372 e. The number of anilines is 1. The van der Waals surface area contributed by atoms with Gasteiger partial charge in [-0.05, 0) is 25.0 Å². The van der Waals surface area contributed by atoms with Crippen molar-refractivity contribution in [3.63, 3.8) is 0 Å². The molecule has 0 fully saturated rings. The third-order valence-electron chi connectivity index (χ3n) is 3.80. The van der Waals surface area contributed by atoms with Gasteiger partial charge in [0.25, 0.3) is 0 Å². The Hall–Kier alpha value is -1.09. The number of quaternary nitrogens is 1. The van der Waals surface area contributed by atoms with E-state index in [4.69, 9.17) is 0 Å². The first-order chi connectivity index (χ1) is 9.06. The van der Waals surface area contributed by atoms with Crippen LogP contribution in [0.4, 0.5) is 10.1 Å². The van der Waals surface area contributed by atoms with Crippen molar-refractivity contribution in [3.8, 4) is 0 Å². The maximum absolute atomic E-state index is 13.7. The first kappa shape index (κ1) is 16.0. The summed E-state index contributed by atoms with van der Waals surface area (Å²) in [5.74, 6) is -0.132. The number of halogens is 1. The van der Waals surface area contributed by atoms with Crippen LogP contribution in [0.5, 0.6) is 0 Å². The van der Waals surface area contributed by atoms with E-state index in [9.17, 15) is 4.39 Å². The number of benzene rings is 1. The van der Waals surface area contributed by atoms with Gasteiger partial charge in [0.15, 0.2) is 0 Å². The van der Waals surface area contributed by atoms with Gasteiger partial charge in [-0.2, -0.15) is 0 Å². The second-order valence-electron chi connectivity index (χ2n) is 5.58. The van der Waals surface area contributed by atoms with E-state index in [1.54, 1.807) is 6.07 Å². The summed E-state index contributed by atoms with van der Waals surface area (Å²) < 4.78 is 13.7. The standard InChI is InChI=1S/C16H27FN2/c1-5-6-9-14(18(2)3)12-13-19(4)16-11-8-7-10-15(16)17/h7-8,10-11,14H,5-6,9,12-13H2,1-4H3/p+1. The van der Waals surface area contributed by atoms with E-state index in [1.165, 1.54) is 30.2 Å². The highest BCUT2D eigenvalue weighted by molar-refractivity contribution is 5.46. The molecule has 0 heterocycles. The van der Waals surface area contributed by atoms with Gasteiger partial charge in [0.1, 0.15) is 5.82 Å². The van der Waals surface area contributed by atoms with E-state index < -0.39 is 0 Å². The maximum Gasteiger partial charge on any atom is 0.146 e. The van der Waals surface area contributed by atoms with Crippen LogP contribution in [0.3, 0.4) is 0 Å². The van der Waals surface area contributed by atoms with Crippen LogP contribution in [0.15, 0.2) is 24.3 Å². The molecule has 1 aromatic carbocycles. The number of rotatable bonds is 8. The van der Waals surface area contributed by atoms with Crippen LogP contribution in [0, 0.1) is 5.82 Å². The molecule has 1 unspecified atom stereocenters. The Balaban J connectivity index is 2.52. The zero-order valence-corrected chi connectivity index (χ0v) is 12.7. The summed E-state index contributed by atoms with van der Waals surface area (Å²) in [7, 11) is 6.40. The summed E-state index contributed by atoms with van der Waals surface area (Å²) in [6.45, 7) is 3.13. The fraction of sp³-hybridized carbons (Fsp3) is 0.625. The Morgan fingerprint density at radius 2 is 1.89 bits per heavy atom. The minimum Gasteiger partial charge on any atom is -0.372 e. The van der Waals surface area contributed by atoms with Crippen molar-refractivity contribution < 1.29 is 9.29 Å². The van der Waals surface area contributed by atoms with Crippen molar-refractivity contribution in [2.24, 2.45) is 0 Å². The fourth-order valence-electron chi connectivity index (χ4n) is 2.40. The molecule has 3 heteroatoms. The Labute approximate surface area is 117 Å². The Bertz CT molecular complexity index is 366. The van der Waals surface area contributed by atoms with Gasteiger partial charge in [-0.3, -0.25) is 0 Å². The summed E-state index contributed by atoms with van der Waals surface area (Å²) in [5.41, 5.74) is 0.700. The Kier molecular flexibility index (Phi) is 6.85. The minimum atomic E-state index is -0.132. The molecule has 108 valence electrons. The van der Waals surface area contributed by atoms with E-state index >= 15 is 0 Å². The van der Waals surface area contributed by atoms with Crippen LogP contribution < -0.4 is 9.80 Å². The maximum atomic E-state index is 13.7. The van der Waals surface area contributed by atoms with Crippen LogP contribution in [0.25, 0.3) is 0 Å². The highest BCUT2D eigenvalue weighted by Gasteiger charge is 2.16. The molecule has 0 saturated carbocycles. The zero-order chi connectivity index (χ0) is 14.3. The Morgan fingerprint density at radius 1 is 1.21 bits per heavy atom. The lowest BCUT2D eigenvalue weighted by molar-refractivity contribution is -0.886. The zero-order valence-electron chi connectivity index (χ0n) is 12.7. The number of unbranched alkanes of at least 4 members (excludes halogenated alkanes) is 1. The quantitative estimate of drug-likeness (QED) is 0.760. The van der Waals surface area contributed by atoms with Gasteiger partial charge in [-0.1, -0.05) is 25.5 Å². The predicted octanol–water partition coefficient (Wildman–Crippen LogP) is 2.36. The third kappa shape index (κ3) is 5.19. The van der Waals surface area contributed by atoms with Crippen molar-refractivity contribution in [2.75, 3.05) is 32.6 Å². The van der Waals surface area contributed by atoms with Gasteiger partial charge >= 0.3 is 0 Å². The molecule has 0 radical (unpaired) electrons. The van der Waals surface area contributed by atoms with Gasteiger partial charge in [-0.25, -0.2) is 4.39 Å². The molecular weight excluding hydrogens is 239 g/mol. The van der Waals surface area contributed by atoms with E-state index in [0.29, 0.717) is 11.7 Å². The minimum absolute atomic E-state index is 0.132. The first-order valence-electron chi connectivity index (χ1n) is 7.32. The third-order valence-corrected chi connectivity index (χ3v) is 3.80. The molecular formula is C16H28FN2+. The fourth-order valence-corrected chi connectivity index (χ4v) is 2.40. The van der Waals surface area contributed by atoms with Gasteiger partial charge < -0.3 is 9.80 Å². The molecule has 0 bridgehead atoms. The number of hydrogen-bond acceptors (Lipinski definition) is 1. The molecule has 0 saturated heterocycles. The highest BCUT2D eigenvalue weighted by Crippen LogP contribution is 2.17. The van der Waals surface area contributed by atoms with Crippen molar-refractivity contribution in [3.05, 3.63) is 30.1 Å². The van der Waals surface area contributed by atoms with Gasteiger partial charge in [0.2, 0.25) is 0 Å². The van der Waals surface area contributed by atoms with Gasteiger partial charge in [0, 0.05) is 20.0 Å². The molecule has 2 nitrogen and oxygen atoms in total. The Morgan fingerprint density at radius 3 is 2.47 bits per heavy atom. The summed E-state index contributed by atoms with van der Waals surface area (Å²) in [4.78, 5) is 3.52. The van der Waals surface area contributed by atoms with Crippen LogP contribution in [0.2, 0.25) is 0 Å². The van der Waals surface area contributed by atoms with Crippen LogP contribution in [-0.4, -0.2) is 33.7 Å². The molecule has 0 spiro atoms. The van der Waals surface area contributed by atoms with Crippen molar-refractivity contribution in [1.29, 1.82) is 0 Å². The van der Waals surface area contributed by atoms with Crippen molar-refractivity contribution in [2.45, 2.75) is 38.6 Å². The van der Waals surface area contributed by atoms with E-state index in [-0.39, 0.29) is 5.82 Å². The normalized spacial score (nSPS) is 12.7. The van der Waals surface area contributed by atoms with E-state index in [2.05, 4.69) is 21.0 Å². The van der Waals surface area contributed by atoms with E-state index in [0.717, 1.165) is 13.0 Å². The summed E-state index contributed by atoms with van der Waals surface area (Å²) in [5, 5.41) is 0. The molecule has 0 aliphatic heterocycles. The summed E-state index contributed by atoms with van der Waals surface area (Å²) in [6, 6.07) is 7.66. The van der Waals surface area contributed by atoms with Crippen LogP contribution in [0.1, 0.15) is 32.6 Å². The second kappa shape index (κ2) is 8.16. The molecule has 0 amide bonds. The molecule has 1 aromatic rings. The van der Waals surface area contributed by atoms with Crippen LogP contribution in [-0.2, 0) is 0 Å². The lowest BCUT2D eigenvalue weighted by Gasteiger charge is -2.25. The van der Waals surface area contributed by atoms with Crippen molar-refractivity contribution >= 4 is 5.69 Å². The number of hydrogen-bond donors (Lipinski definition) is 1.